The lowest BCUT2D eigenvalue weighted by Crippen LogP contribution is -2.61. The van der Waals surface area contributed by atoms with Crippen molar-refractivity contribution in [3.63, 3.8) is 0 Å². The van der Waals surface area contributed by atoms with Crippen molar-refractivity contribution in [2.75, 3.05) is 20.8 Å². The Morgan fingerprint density at radius 3 is 2.11 bits per heavy atom. The molecule has 0 unspecified atom stereocenters. The maximum Gasteiger partial charge on any atom is 0.229 e. The van der Waals surface area contributed by atoms with Crippen LogP contribution in [-0.4, -0.2) is 118 Å². The van der Waals surface area contributed by atoms with Gasteiger partial charge in [-0.05, 0) is 37.3 Å². The Bertz CT molecular complexity index is 1510. The maximum atomic E-state index is 13.1. The third-order valence-corrected chi connectivity index (χ3v) is 7.64. The zero-order chi connectivity index (χ0) is 31.9. The molecule has 0 radical (unpaired) electrons. The molecule has 2 saturated heterocycles. The average molecular weight is 623 g/mol. The van der Waals surface area contributed by atoms with Crippen LogP contribution >= 0.6 is 0 Å². The van der Waals surface area contributed by atoms with Crippen molar-refractivity contribution in [3.8, 4) is 34.3 Å². The number of benzene rings is 2. The number of hydrogen-bond donors (Lipinski definition) is 7. The molecule has 0 saturated carbocycles. The number of aliphatic hydroxyl groups excluding tert-OH is 6. The minimum absolute atomic E-state index is 0.0976. The molecule has 3 heterocycles. The first-order chi connectivity index (χ1) is 20.9. The van der Waals surface area contributed by atoms with E-state index in [-0.39, 0.29) is 28.2 Å². The van der Waals surface area contributed by atoms with E-state index in [4.69, 9.17) is 32.8 Å². The fraction of sp³-hybridized carbons (Fsp3) is 0.483. The highest BCUT2D eigenvalue weighted by Gasteiger charge is 2.47. The third-order valence-electron chi connectivity index (χ3n) is 7.64. The molecular formula is C29H34O15. The summed E-state index contributed by atoms with van der Waals surface area (Å²) in [5.74, 6) is -0.375. The van der Waals surface area contributed by atoms with Crippen LogP contribution < -0.4 is 19.6 Å². The van der Waals surface area contributed by atoms with Crippen LogP contribution in [0.1, 0.15) is 6.92 Å². The Labute approximate surface area is 249 Å². The molecule has 15 nitrogen and oxygen atoms in total. The van der Waals surface area contributed by atoms with Crippen molar-refractivity contribution in [2.45, 2.75) is 68.3 Å². The summed E-state index contributed by atoms with van der Waals surface area (Å²) in [4.78, 5) is 13.1. The second-order valence-corrected chi connectivity index (χ2v) is 10.5. The van der Waals surface area contributed by atoms with Gasteiger partial charge in [-0.2, -0.15) is 0 Å². The summed E-state index contributed by atoms with van der Waals surface area (Å²) in [5.41, 5.74) is -0.208. The number of phenols is 1. The van der Waals surface area contributed by atoms with Crippen LogP contribution in [0, 0.1) is 0 Å². The van der Waals surface area contributed by atoms with Crippen LogP contribution in [0.5, 0.6) is 23.0 Å². The number of aromatic hydroxyl groups is 1. The molecule has 0 aliphatic carbocycles. The Morgan fingerprint density at radius 2 is 1.45 bits per heavy atom. The van der Waals surface area contributed by atoms with Crippen molar-refractivity contribution < 1.29 is 68.6 Å². The van der Waals surface area contributed by atoms with Gasteiger partial charge in [-0.3, -0.25) is 4.79 Å². The molecule has 2 aliphatic heterocycles. The summed E-state index contributed by atoms with van der Waals surface area (Å²) in [6.45, 7) is 0.943. The number of rotatable bonds is 8. The fourth-order valence-electron chi connectivity index (χ4n) is 5.03. The van der Waals surface area contributed by atoms with Crippen LogP contribution in [0.4, 0.5) is 0 Å². The zero-order valence-electron chi connectivity index (χ0n) is 23.8. The van der Waals surface area contributed by atoms with E-state index in [2.05, 4.69) is 0 Å². The number of methoxy groups -OCH3 is 2. The second-order valence-electron chi connectivity index (χ2n) is 10.5. The number of phenolic OH excluding ortho intramolecular Hbond substituents is 1. The van der Waals surface area contributed by atoms with E-state index < -0.39 is 79.2 Å². The average Bonchev–Trinajstić information content (AvgIpc) is 3.02. The van der Waals surface area contributed by atoms with E-state index >= 15 is 0 Å². The van der Waals surface area contributed by atoms with Crippen molar-refractivity contribution in [1.29, 1.82) is 0 Å². The summed E-state index contributed by atoms with van der Waals surface area (Å²) >= 11 is 0. The lowest BCUT2D eigenvalue weighted by molar-refractivity contribution is -0.318. The Hall–Kier alpha value is -3.51. The number of ether oxygens (including phenoxy) is 6. The van der Waals surface area contributed by atoms with Crippen LogP contribution in [0.15, 0.2) is 45.6 Å². The highest BCUT2D eigenvalue weighted by atomic mass is 16.7. The van der Waals surface area contributed by atoms with Gasteiger partial charge >= 0.3 is 0 Å². The molecule has 240 valence electrons. The fourth-order valence-corrected chi connectivity index (χ4v) is 5.03. The van der Waals surface area contributed by atoms with Crippen LogP contribution in [0.25, 0.3) is 22.3 Å². The predicted molar refractivity (Wildman–Crippen MR) is 148 cm³/mol. The summed E-state index contributed by atoms with van der Waals surface area (Å²) in [5, 5.41) is 72.7. The largest absolute Gasteiger partial charge is 0.502 e. The quantitative estimate of drug-likeness (QED) is 0.163. The topological polar surface area (TPSA) is 227 Å². The van der Waals surface area contributed by atoms with E-state index in [0.29, 0.717) is 11.3 Å². The molecule has 0 spiro atoms. The lowest BCUT2D eigenvalue weighted by atomic mass is 9.98. The molecule has 2 fully saturated rings. The van der Waals surface area contributed by atoms with Gasteiger partial charge in [-0.1, -0.05) is 0 Å². The standard InChI is InChI=1S/C29H34O15/c1-11-19(31)21(33)23(35)28(41-11)40-10-18-20(32)22(34)24(36)29(44-18)43-17-8-14-15(30)9-16(12-4-6-13(38-2)7-5-12)42-26(14)25(37)27(17)39-3/h4-9,11,18-24,28-29,31-37H,10H2,1-3H3/t11-,18+,19+,20+,21+,22-,23+,24+,28+,29+/m0/s1. The first kappa shape index (κ1) is 31.9. The lowest BCUT2D eigenvalue weighted by Gasteiger charge is -2.42. The first-order valence-electron chi connectivity index (χ1n) is 13.6. The van der Waals surface area contributed by atoms with Crippen molar-refractivity contribution in [1.82, 2.24) is 0 Å². The molecule has 7 N–H and O–H groups in total. The highest BCUT2D eigenvalue weighted by molar-refractivity contribution is 5.89. The van der Waals surface area contributed by atoms with E-state index in [1.807, 2.05) is 0 Å². The minimum atomic E-state index is -1.81. The molecule has 1 aromatic heterocycles. The first-order valence-corrected chi connectivity index (χ1v) is 13.6. The Kier molecular flexibility index (Phi) is 9.31. The van der Waals surface area contributed by atoms with Crippen LogP contribution in [0.2, 0.25) is 0 Å². The van der Waals surface area contributed by atoms with E-state index in [1.165, 1.54) is 33.3 Å². The van der Waals surface area contributed by atoms with Gasteiger partial charge in [-0.15, -0.1) is 0 Å². The van der Waals surface area contributed by atoms with Crippen LogP contribution in [0.3, 0.4) is 0 Å². The minimum Gasteiger partial charge on any atom is -0.502 e. The van der Waals surface area contributed by atoms with Gasteiger partial charge < -0.3 is 68.6 Å². The molecule has 2 aliphatic rings. The third kappa shape index (κ3) is 5.93. The summed E-state index contributed by atoms with van der Waals surface area (Å²) < 4.78 is 38.5. The van der Waals surface area contributed by atoms with Gasteiger partial charge in [0, 0.05) is 11.6 Å². The van der Waals surface area contributed by atoms with Crippen molar-refractivity contribution >= 4 is 11.0 Å². The SMILES string of the molecule is COc1ccc(-c2cc(=O)c3cc(O[C@@H]4O[C@H](CO[C@@H]5O[C@@H](C)[C@@H](O)[C@@H](O)[C@H]5O)[C@@H](O)[C@H](O)[C@H]4O)c(OC)c(O)c3o2)cc1. The van der Waals surface area contributed by atoms with Gasteiger partial charge in [-0.25, -0.2) is 0 Å². The molecule has 3 aromatic rings. The predicted octanol–water partition coefficient (Wildman–Crippen LogP) is -0.787. The summed E-state index contributed by atoms with van der Waals surface area (Å²) in [6, 6.07) is 9.12. The van der Waals surface area contributed by atoms with E-state index in [0.717, 1.165) is 0 Å². The number of aliphatic hydroxyl groups is 6. The van der Waals surface area contributed by atoms with Crippen LogP contribution in [-0.2, 0) is 14.2 Å². The van der Waals surface area contributed by atoms with Crippen molar-refractivity contribution in [2.24, 2.45) is 0 Å². The molecule has 44 heavy (non-hydrogen) atoms. The van der Waals surface area contributed by atoms with Gasteiger partial charge in [0.1, 0.15) is 54.2 Å². The monoisotopic (exact) mass is 622 g/mol. The second kappa shape index (κ2) is 12.8. The maximum absolute atomic E-state index is 13.1. The van der Waals surface area contributed by atoms with Gasteiger partial charge in [0.05, 0.1) is 32.3 Å². The van der Waals surface area contributed by atoms with E-state index in [1.54, 1.807) is 24.3 Å². The molecule has 5 rings (SSSR count). The molecule has 2 aromatic carbocycles. The summed E-state index contributed by atoms with van der Waals surface area (Å²) in [6.07, 6.45) is -15.2. The number of fused-ring (bicyclic) bond motifs is 1. The Balaban J connectivity index is 1.39. The Morgan fingerprint density at radius 1 is 0.795 bits per heavy atom. The smallest absolute Gasteiger partial charge is 0.229 e. The van der Waals surface area contributed by atoms with Gasteiger partial charge in [0.15, 0.2) is 23.1 Å². The molecule has 0 bridgehead atoms. The zero-order valence-corrected chi connectivity index (χ0v) is 23.8. The number of hydrogen-bond acceptors (Lipinski definition) is 15. The molecular weight excluding hydrogens is 588 g/mol. The van der Waals surface area contributed by atoms with Crippen molar-refractivity contribution in [3.05, 3.63) is 46.6 Å². The molecule has 10 atom stereocenters. The van der Waals surface area contributed by atoms with E-state index in [9.17, 15) is 40.5 Å². The normalized spacial score (nSPS) is 32.4. The summed E-state index contributed by atoms with van der Waals surface area (Å²) in [7, 11) is 2.73. The van der Waals surface area contributed by atoms with Gasteiger partial charge in [0.25, 0.3) is 0 Å². The van der Waals surface area contributed by atoms with Gasteiger partial charge in [0.2, 0.25) is 17.8 Å². The molecule has 15 heteroatoms. The highest BCUT2D eigenvalue weighted by Crippen LogP contribution is 2.44. The molecule has 0 amide bonds.